The minimum atomic E-state index is -0.109. The molecule has 0 saturated carbocycles. The molecule has 126 valence electrons. The molecule has 1 aliphatic heterocycles. The summed E-state index contributed by atoms with van der Waals surface area (Å²) >= 11 is 6.25. The third kappa shape index (κ3) is 3.97. The van der Waals surface area contributed by atoms with Crippen molar-refractivity contribution >= 4 is 23.2 Å². The molecule has 1 aliphatic rings. The maximum absolute atomic E-state index is 12.3. The van der Waals surface area contributed by atoms with Gasteiger partial charge >= 0.3 is 0 Å². The van der Waals surface area contributed by atoms with Crippen molar-refractivity contribution in [3.8, 4) is 11.5 Å². The van der Waals surface area contributed by atoms with Gasteiger partial charge in [0.05, 0.1) is 23.9 Å². The molecule has 1 amide bonds. The van der Waals surface area contributed by atoms with Crippen LogP contribution in [0, 0.1) is 0 Å². The second-order valence-corrected chi connectivity index (χ2v) is 6.18. The molecule has 1 atom stereocenters. The Balaban J connectivity index is 1.69. The molecule has 0 bridgehead atoms. The smallest absolute Gasteiger partial charge is 0.225 e. The molecule has 0 saturated heterocycles. The summed E-state index contributed by atoms with van der Waals surface area (Å²) < 4.78 is 11.2. The summed E-state index contributed by atoms with van der Waals surface area (Å²) in [5, 5.41) is 3.29. The SMILES string of the molecule is CC(CC(=O)Nc1cc2c(cc1Cl)OCCCO2)c1cccnc1. The fourth-order valence-corrected chi connectivity index (χ4v) is 2.75. The van der Waals surface area contributed by atoms with Crippen molar-refractivity contribution in [2.45, 2.75) is 25.7 Å². The van der Waals surface area contributed by atoms with Crippen molar-refractivity contribution in [1.29, 1.82) is 0 Å². The third-order valence-corrected chi connectivity index (χ3v) is 4.17. The molecule has 6 heteroatoms. The average Bonchev–Trinajstić information content (AvgIpc) is 2.81. The van der Waals surface area contributed by atoms with Gasteiger partial charge in [-0.05, 0) is 17.5 Å². The van der Waals surface area contributed by atoms with Gasteiger partial charge in [-0.3, -0.25) is 9.78 Å². The van der Waals surface area contributed by atoms with E-state index in [1.54, 1.807) is 24.5 Å². The number of ether oxygens (including phenoxy) is 2. The van der Waals surface area contributed by atoms with Crippen LogP contribution in [0.1, 0.15) is 31.2 Å². The monoisotopic (exact) mass is 346 g/mol. The van der Waals surface area contributed by atoms with Crippen molar-refractivity contribution in [2.75, 3.05) is 18.5 Å². The molecule has 1 aromatic heterocycles. The zero-order valence-corrected chi connectivity index (χ0v) is 14.2. The number of carbonyl (C=O) groups is 1. The van der Waals surface area contributed by atoms with Gasteiger partial charge in [0.15, 0.2) is 11.5 Å². The first-order valence-electron chi connectivity index (χ1n) is 7.92. The summed E-state index contributed by atoms with van der Waals surface area (Å²) in [7, 11) is 0. The molecule has 3 rings (SSSR count). The lowest BCUT2D eigenvalue weighted by atomic mass is 9.99. The van der Waals surface area contributed by atoms with Crippen LogP contribution >= 0.6 is 11.6 Å². The predicted octanol–water partition coefficient (Wildman–Crippen LogP) is 4.03. The van der Waals surface area contributed by atoms with Gasteiger partial charge in [-0.15, -0.1) is 0 Å². The first kappa shape index (κ1) is 16.6. The summed E-state index contributed by atoms with van der Waals surface area (Å²) in [5.74, 6) is 1.17. The van der Waals surface area contributed by atoms with E-state index in [9.17, 15) is 4.79 Å². The molecule has 0 aliphatic carbocycles. The van der Waals surface area contributed by atoms with Crippen molar-refractivity contribution in [1.82, 2.24) is 4.98 Å². The highest BCUT2D eigenvalue weighted by molar-refractivity contribution is 6.34. The van der Waals surface area contributed by atoms with Gasteiger partial charge in [-0.25, -0.2) is 0 Å². The lowest BCUT2D eigenvalue weighted by molar-refractivity contribution is -0.116. The van der Waals surface area contributed by atoms with Crippen molar-refractivity contribution in [3.63, 3.8) is 0 Å². The molecule has 0 radical (unpaired) electrons. The molecule has 0 fully saturated rings. The number of hydrogen-bond acceptors (Lipinski definition) is 4. The molecule has 5 nitrogen and oxygen atoms in total. The Morgan fingerprint density at radius 1 is 1.33 bits per heavy atom. The highest BCUT2D eigenvalue weighted by Gasteiger charge is 2.17. The number of nitrogens with one attached hydrogen (secondary N) is 1. The summed E-state index contributed by atoms with van der Waals surface area (Å²) in [6.07, 6.45) is 4.65. The number of benzene rings is 1. The number of fused-ring (bicyclic) bond motifs is 1. The van der Waals surface area contributed by atoms with E-state index >= 15 is 0 Å². The first-order chi connectivity index (χ1) is 11.6. The first-order valence-corrected chi connectivity index (χ1v) is 8.30. The Labute approximate surface area is 145 Å². The Kier molecular flexibility index (Phi) is 5.20. The number of rotatable bonds is 4. The maximum Gasteiger partial charge on any atom is 0.225 e. The van der Waals surface area contributed by atoms with Crippen LogP contribution in [0.4, 0.5) is 5.69 Å². The van der Waals surface area contributed by atoms with E-state index in [-0.39, 0.29) is 11.8 Å². The number of amides is 1. The number of anilines is 1. The molecular formula is C18H19ClN2O3. The third-order valence-electron chi connectivity index (χ3n) is 3.86. The summed E-state index contributed by atoms with van der Waals surface area (Å²) in [5.41, 5.74) is 1.56. The number of carbonyl (C=O) groups excluding carboxylic acids is 1. The highest BCUT2D eigenvalue weighted by Crippen LogP contribution is 2.37. The van der Waals surface area contributed by atoms with Crippen LogP contribution in [0.25, 0.3) is 0 Å². The Morgan fingerprint density at radius 3 is 2.79 bits per heavy atom. The number of hydrogen-bond donors (Lipinski definition) is 1. The van der Waals surface area contributed by atoms with Crippen LogP contribution in [-0.2, 0) is 4.79 Å². The average molecular weight is 347 g/mol. The number of aromatic nitrogens is 1. The Hall–Kier alpha value is -2.27. The van der Waals surface area contributed by atoms with Gasteiger partial charge in [0.1, 0.15) is 0 Å². The summed E-state index contributed by atoms with van der Waals surface area (Å²) in [6.45, 7) is 3.17. The predicted molar refractivity (Wildman–Crippen MR) is 93.0 cm³/mol. The van der Waals surface area contributed by atoms with Crippen molar-refractivity contribution < 1.29 is 14.3 Å². The van der Waals surface area contributed by atoms with Crippen molar-refractivity contribution in [3.05, 3.63) is 47.2 Å². The maximum atomic E-state index is 12.3. The molecule has 24 heavy (non-hydrogen) atoms. The Bertz CT molecular complexity index is 722. The van der Waals surface area contributed by atoms with E-state index in [4.69, 9.17) is 21.1 Å². The Morgan fingerprint density at radius 2 is 2.08 bits per heavy atom. The fourth-order valence-electron chi connectivity index (χ4n) is 2.54. The van der Waals surface area contributed by atoms with Gasteiger partial charge in [0, 0.05) is 37.4 Å². The zero-order valence-electron chi connectivity index (χ0n) is 13.4. The zero-order chi connectivity index (χ0) is 16.9. The van der Waals surface area contributed by atoms with Crippen LogP contribution < -0.4 is 14.8 Å². The van der Waals surface area contributed by atoms with Crippen LogP contribution in [0.3, 0.4) is 0 Å². The number of nitrogens with zero attached hydrogens (tertiary/aromatic N) is 1. The van der Waals surface area contributed by atoms with E-state index in [1.807, 2.05) is 19.1 Å². The molecular weight excluding hydrogens is 328 g/mol. The second-order valence-electron chi connectivity index (χ2n) is 5.77. The summed E-state index contributed by atoms with van der Waals surface area (Å²) in [6, 6.07) is 7.23. The lowest BCUT2D eigenvalue weighted by Crippen LogP contribution is -2.15. The normalized spacial score (nSPS) is 14.6. The minimum absolute atomic E-state index is 0.0675. The molecule has 1 N–H and O–H groups in total. The number of pyridine rings is 1. The van der Waals surface area contributed by atoms with Crippen LogP contribution in [0.2, 0.25) is 5.02 Å². The quantitative estimate of drug-likeness (QED) is 0.908. The summed E-state index contributed by atoms with van der Waals surface area (Å²) in [4.78, 5) is 16.4. The van der Waals surface area contributed by atoms with E-state index in [2.05, 4.69) is 10.3 Å². The topological polar surface area (TPSA) is 60.5 Å². The van der Waals surface area contributed by atoms with Gasteiger partial charge in [-0.2, -0.15) is 0 Å². The molecule has 2 heterocycles. The van der Waals surface area contributed by atoms with E-state index in [0.29, 0.717) is 41.8 Å². The van der Waals surface area contributed by atoms with Gasteiger partial charge < -0.3 is 14.8 Å². The van der Waals surface area contributed by atoms with Gasteiger partial charge in [-0.1, -0.05) is 24.6 Å². The van der Waals surface area contributed by atoms with E-state index in [0.717, 1.165) is 12.0 Å². The van der Waals surface area contributed by atoms with E-state index < -0.39 is 0 Å². The van der Waals surface area contributed by atoms with E-state index in [1.165, 1.54) is 0 Å². The van der Waals surface area contributed by atoms with Crippen LogP contribution in [0.5, 0.6) is 11.5 Å². The molecule has 1 unspecified atom stereocenters. The molecule has 1 aromatic carbocycles. The molecule has 2 aromatic rings. The second kappa shape index (κ2) is 7.53. The lowest BCUT2D eigenvalue weighted by Gasteiger charge is -2.14. The van der Waals surface area contributed by atoms with Crippen LogP contribution in [0.15, 0.2) is 36.7 Å². The largest absolute Gasteiger partial charge is 0.490 e. The van der Waals surface area contributed by atoms with Crippen LogP contribution in [-0.4, -0.2) is 24.1 Å². The minimum Gasteiger partial charge on any atom is -0.490 e. The molecule has 0 spiro atoms. The van der Waals surface area contributed by atoms with Crippen molar-refractivity contribution in [2.24, 2.45) is 0 Å². The standard InChI is InChI=1S/C18H19ClN2O3/c1-12(13-4-2-5-20-11-13)8-18(22)21-15-10-17-16(9-14(15)19)23-6-3-7-24-17/h2,4-5,9-12H,3,6-8H2,1H3,(H,21,22). The fraction of sp³-hybridized carbons (Fsp3) is 0.333. The van der Waals surface area contributed by atoms with Gasteiger partial charge in [0.2, 0.25) is 5.91 Å². The highest BCUT2D eigenvalue weighted by atomic mass is 35.5. The van der Waals surface area contributed by atoms with Gasteiger partial charge in [0.25, 0.3) is 0 Å². The number of halogens is 1.